The number of carbonyl (C=O) groups excluding carboxylic acids is 1. The van der Waals surface area contributed by atoms with Crippen LogP contribution in [0.25, 0.3) is 0 Å². The summed E-state index contributed by atoms with van der Waals surface area (Å²) in [6.07, 6.45) is -0.720. The normalized spacial score (nSPS) is 12.6. The van der Waals surface area contributed by atoms with Gasteiger partial charge in [-0.1, -0.05) is 0 Å². The topological polar surface area (TPSA) is 81.6 Å². The molecule has 4 N–H and O–H groups in total. The highest BCUT2D eigenvalue weighted by Gasteiger charge is 1.99. The standard InChI is InChI=1S/C7H16N2O3/c1-6(11)9-3-2-8-4-7(12)5-10/h7-8,10,12H,2-5H2,1H3,(H,9,11). The number of hydrogen-bond donors (Lipinski definition) is 4. The fourth-order valence-corrected chi connectivity index (χ4v) is 0.660. The molecule has 1 amide bonds. The minimum atomic E-state index is -0.720. The van der Waals surface area contributed by atoms with Crippen molar-refractivity contribution in [3.05, 3.63) is 0 Å². The molecule has 1 unspecified atom stereocenters. The molecule has 0 aliphatic heterocycles. The number of rotatable bonds is 6. The van der Waals surface area contributed by atoms with Crippen LogP contribution in [0.2, 0.25) is 0 Å². The summed E-state index contributed by atoms with van der Waals surface area (Å²) in [6.45, 7) is 2.68. The number of aliphatic hydroxyl groups excluding tert-OH is 2. The molecule has 5 nitrogen and oxygen atoms in total. The van der Waals surface area contributed by atoms with Crippen LogP contribution in [0.15, 0.2) is 0 Å². The van der Waals surface area contributed by atoms with Crippen LogP contribution in [-0.2, 0) is 4.79 Å². The second-order valence-electron chi connectivity index (χ2n) is 2.52. The van der Waals surface area contributed by atoms with Crippen molar-refractivity contribution in [1.29, 1.82) is 0 Å². The maximum absolute atomic E-state index is 10.4. The summed E-state index contributed by atoms with van der Waals surface area (Å²) in [4.78, 5) is 10.4. The monoisotopic (exact) mass is 176 g/mol. The van der Waals surface area contributed by atoms with Crippen LogP contribution >= 0.6 is 0 Å². The molecule has 0 saturated heterocycles. The van der Waals surface area contributed by atoms with E-state index in [2.05, 4.69) is 10.6 Å². The Morgan fingerprint density at radius 3 is 2.67 bits per heavy atom. The van der Waals surface area contributed by atoms with E-state index in [0.717, 1.165) is 0 Å². The second kappa shape index (κ2) is 7.02. The summed E-state index contributed by atoms with van der Waals surface area (Å²) in [5, 5.41) is 22.7. The van der Waals surface area contributed by atoms with Crippen LogP contribution in [0.5, 0.6) is 0 Å². The molecule has 0 radical (unpaired) electrons. The zero-order valence-corrected chi connectivity index (χ0v) is 7.21. The van der Waals surface area contributed by atoms with Crippen LogP contribution in [-0.4, -0.2) is 48.5 Å². The van der Waals surface area contributed by atoms with Gasteiger partial charge in [-0.25, -0.2) is 0 Å². The van der Waals surface area contributed by atoms with E-state index in [4.69, 9.17) is 10.2 Å². The van der Waals surface area contributed by atoms with Crippen molar-refractivity contribution in [1.82, 2.24) is 10.6 Å². The summed E-state index contributed by atoms with van der Waals surface area (Å²) in [7, 11) is 0. The van der Waals surface area contributed by atoms with Crippen LogP contribution in [0.4, 0.5) is 0 Å². The zero-order valence-electron chi connectivity index (χ0n) is 7.21. The minimum Gasteiger partial charge on any atom is -0.394 e. The van der Waals surface area contributed by atoms with E-state index in [0.29, 0.717) is 19.6 Å². The molecule has 0 rings (SSSR count). The average Bonchev–Trinajstić information content (AvgIpc) is 2.03. The first kappa shape index (κ1) is 11.4. The van der Waals surface area contributed by atoms with Gasteiger partial charge in [-0.3, -0.25) is 4.79 Å². The Morgan fingerprint density at radius 1 is 1.50 bits per heavy atom. The molecule has 0 fully saturated rings. The predicted molar refractivity (Wildman–Crippen MR) is 44.6 cm³/mol. The lowest BCUT2D eigenvalue weighted by molar-refractivity contribution is -0.118. The third kappa shape index (κ3) is 7.46. The number of amides is 1. The SMILES string of the molecule is CC(=O)NCCNCC(O)CO. The first-order valence-corrected chi connectivity index (χ1v) is 3.91. The molecule has 12 heavy (non-hydrogen) atoms. The van der Waals surface area contributed by atoms with E-state index in [9.17, 15) is 4.79 Å². The Bertz CT molecular complexity index is 130. The molecule has 0 bridgehead atoms. The summed E-state index contributed by atoms with van der Waals surface area (Å²) in [5.74, 6) is -0.0699. The molecule has 0 aromatic rings. The Kier molecular flexibility index (Phi) is 6.64. The van der Waals surface area contributed by atoms with Crippen LogP contribution in [0.3, 0.4) is 0 Å². The predicted octanol–water partition coefficient (Wildman–Crippen LogP) is -1.93. The van der Waals surface area contributed by atoms with Gasteiger partial charge in [0.2, 0.25) is 5.91 Å². The lowest BCUT2D eigenvalue weighted by atomic mass is 10.4. The van der Waals surface area contributed by atoms with Crippen molar-refractivity contribution in [3.63, 3.8) is 0 Å². The molecule has 0 aromatic carbocycles. The number of hydrogen-bond acceptors (Lipinski definition) is 4. The largest absolute Gasteiger partial charge is 0.394 e. The van der Waals surface area contributed by atoms with Crippen molar-refractivity contribution in [2.24, 2.45) is 0 Å². The van der Waals surface area contributed by atoms with E-state index in [-0.39, 0.29) is 12.5 Å². The molecular weight excluding hydrogens is 160 g/mol. The van der Waals surface area contributed by atoms with Gasteiger partial charge >= 0.3 is 0 Å². The van der Waals surface area contributed by atoms with Gasteiger partial charge in [0.15, 0.2) is 0 Å². The highest BCUT2D eigenvalue weighted by molar-refractivity contribution is 5.72. The van der Waals surface area contributed by atoms with Gasteiger partial charge < -0.3 is 20.8 Å². The summed E-state index contributed by atoms with van der Waals surface area (Å²) in [6, 6.07) is 0. The third-order valence-electron chi connectivity index (χ3n) is 1.27. The smallest absolute Gasteiger partial charge is 0.216 e. The van der Waals surface area contributed by atoms with Crippen molar-refractivity contribution in [2.75, 3.05) is 26.2 Å². The van der Waals surface area contributed by atoms with Crippen LogP contribution in [0.1, 0.15) is 6.92 Å². The van der Waals surface area contributed by atoms with Crippen molar-refractivity contribution < 1.29 is 15.0 Å². The molecule has 0 aromatic heterocycles. The maximum atomic E-state index is 10.4. The molecule has 0 saturated carbocycles. The van der Waals surface area contributed by atoms with Gasteiger partial charge in [0.25, 0.3) is 0 Å². The molecule has 0 spiro atoms. The molecule has 5 heteroatoms. The fraction of sp³-hybridized carbons (Fsp3) is 0.857. The van der Waals surface area contributed by atoms with Gasteiger partial charge in [0, 0.05) is 26.6 Å². The van der Waals surface area contributed by atoms with E-state index in [1.165, 1.54) is 6.92 Å². The molecule has 1 atom stereocenters. The highest BCUT2D eigenvalue weighted by atomic mass is 16.3. The summed E-state index contributed by atoms with van der Waals surface area (Å²) in [5.41, 5.74) is 0. The summed E-state index contributed by atoms with van der Waals surface area (Å²) >= 11 is 0. The summed E-state index contributed by atoms with van der Waals surface area (Å²) < 4.78 is 0. The maximum Gasteiger partial charge on any atom is 0.216 e. The second-order valence-corrected chi connectivity index (χ2v) is 2.52. The van der Waals surface area contributed by atoms with Crippen LogP contribution < -0.4 is 10.6 Å². The van der Waals surface area contributed by atoms with Crippen LogP contribution in [0, 0.1) is 0 Å². The Labute approximate surface area is 71.8 Å². The van der Waals surface area contributed by atoms with E-state index in [1.807, 2.05) is 0 Å². The quantitative estimate of drug-likeness (QED) is 0.355. The van der Waals surface area contributed by atoms with Gasteiger partial charge in [-0.05, 0) is 0 Å². The van der Waals surface area contributed by atoms with E-state index < -0.39 is 6.10 Å². The molecule has 0 aliphatic carbocycles. The van der Waals surface area contributed by atoms with Gasteiger partial charge in [0.05, 0.1) is 12.7 Å². The lowest BCUT2D eigenvalue weighted by Gasteiger charge is -2.08. The Balaban J connectivity index is 3.05. The molecule has 72 valence electrons. The molecule has 0 heterocycles. The van der Waals surface area contributed by atoms with Gasteiger partial charge in [-0.2, -0.15) is 0 Å². The van der Waals surface area contributed by atoms with E-state index >= 15 is 0 Å². The zero-order chi connectivity index (χ0) is 9.40. The van der Waals surface area contributed by atoms with Crippen molar-refractivity contribution in [3.8, 4) is 0 Å². The first-order chi connectivity index (χ1) is 5.66. The average molecular weight is 176 g/mol. The number of carbonyl (C=O) groups is 1. The molecular formula is C7H16N2O3. The molecule has 0 aliphatic rings. The fourth-order valence-electron chi connectivity index (χ4n) is 0.660. The highest BCUT2D eigenvalue weighted by Crippen LogP contribution is 1.74. The van der Waals surface area contributed by atoms with Crippen molar-refractivity contribution in [2.45, 2.75) is 13.0 Å². The van der Waals surface area contributed by atoms with Gasteiger partial charge in [-0.15, -0.1) is 0 Å². The third-order valence-corrected chi connectivity index (χ3v) is 1.27. The minimum absolute atomic E-state index is 0.0699. The Morgan fingerprint density at radius 2 is 2.17 bits per heavy atom. The number of aliphatic hydroxyl groups is 2. The van der Waals surface area contributed by atoms with E-state index in [1.54, 1.807) is 0 Å². The lowest BCUT2D eigenvalue weighted by Crippen LogP contribution is -2.35. The first-order valence-electron chi connectivity index (χ1n) is 3.91. The van der Waals surface area contributed by atoms with Crippen molar-refractivity contribution >= 4 is 5.91 Å². The Hall–Kier alpha value is -0.650. The van der Waals surface area contributed by atoms with Gasteiger partial charge in [0.1, 0.15) is 0 Å². The number of nitrogens with one attached hydrogen (secondary N) is 2.